The van der Waals surface area contributed by atoms with Gasteiger partial charge in [0.15, 0.2) is 0 Å². The fourth-order valence-electron chi connectivity index (χ4n) is 1.93. The van der Waals surface area contributed by atoms with Crippen molar-refractivity contribution in [3.63, 3.8) is 0 Å². The predicted octanol–water partition coefficient (Wildman–Crippen LogP) is 2.95. The Hall–Kier alpha value is -1.98. The molecule has 0 atom stereocenters. The van der Waals surface area contributed by atoms with Gasteiger partial charge in [0.1, 0.15) is 10.8 Å². The number of pyridine rings is 1. The van der Waals surface area contributed by atoms with Crippen molar-refractivity contribution in [2.45, 2.75) is 6.92 Å². The summed E-state index contributed by atoms with van der Waals surface area (Å²) in [6.45, 7) is 1.98. The van der Waals surface area contributed by atoms with E-state index in [0.29, 0.717) is 5.82 Å². The predicted molar refractivity (Wildman–Crippen MR) is 75.4 cm³/mol. The number of anilines is 1. The molecule has 0 aliphatic carbocycles. The maximum Gasteiger partial charge on any atom is 0.143 e. The van der Waals surface area contributed by atoms with Crippen LogP contribution in [-0.4, -0.2) is 9.97 Å². The number of aryl methyl sites for hydroxylation is 1. The molecule has 2 heterocycles. The largest absolute Gasteiger partial charge is 0.308 e. The molecule has 1 aromatic carbocycles. The Kier molecular flexibility index (Phi) is 2.70. The number of hydrazine groups is 1. The molecule has 3 N–H and O–H groups in total. The van der Waals surface area contributed by atoms with Crippen molar-refractivity contribution in [2.75, 3.05) is 5.43 Å². The molecule has 5 heteroatoms. The van der Waals surface area contributed by atoms with Crippen LogP contribution in [-0.2, 0) is 0 Å². The number of hydrogen-bond donors (Lipinski definition) is 2. The summed E-state index contributed by atoms with van der Waals surface area (Å²) in [5.74, 6) is 6.14. The highest BCUT2D eigenvalue weighted by atomic mass is 32.1. The zero-order valence-electron chi connectivity index (χ0n) is 9.84. The lowest BCUT2D eigenvalue weighted by atomic mass is 10.1. The summed E-state index contributed by atoms with van der Waals surface area (Å²) in [5, 5.41) is 4.10. The van der Waals surface area contributed by atoms with Crippen LogP contribution < -0.4 is 11.3 Å². The molecule has 0 spiro atoms. The molecular weight excluding hydrogens is 244 g/mol. The summed E-state index contributed by atoms with van der Waals surface area (Å²) in [4.78, 5) is 8.78. The van der Waals surface area contributed by atoms with Crippen LogP contribution in [0.25, 0.3) is 21.5 Å². The highest BCUT2D eigenvalue weighted by Gasteiger charge is 2.05. The first-order valence-corrected chi connectivity index (χ1v) is 6.44. The van der Waals surface area contributed by atoms with E-state index in [-0.39, 0.29) is 0 Å². The third-order valence-corrected chi connectivity index (χ3v) is 3.64. The normalized spacial score (nSPS) is 10.8. The number of nitrogen functional groups attached to an aromatic ring is 1. The van der Waals surface area contributed by atoms with Crippen LogP contribution >= 0.6 is 11.3 Å². The van der Waals surface area contributed by atoms with Gasteiger partial charge in [0.25, 0.3) is 0 Å². The lowest BCUT2D eigenvalue weighted by Crippen LogP contribution is -2.10. The number of nitrogens with zero attached hydrogens (tertiary/aromatic N) is 2. The third-order valence-electron chi connectivity index (χ3n) is 2.82. The van der Waals surface area contributed by atoms with Crippen LogP contribution in [0.15, 0.2) is 35.8 Å². The van der Waals surface area contributed by atoms with Crippen molar-refractivity contribution in [1.82, 2.24) is 9.97 Å². The second kappa shape index (κ2) is 4.36. The van der Waals surface area contributed by atoms with Crippen molar-refractivity contribution in [2.24, 2.45) is 5.84 Å². The summed E-state index contributed by atoms with van der Waals surface area (Å²) in [6.07, 6.45) is 1.81. The highest BCUT2D eigenvalue weighted by molar-refractivity contribution is 7.13. The quantitative estimate of drug-likeness (QED) is 0.546. The van der Waals surface area contributed by atoms with E-state index >= 15 is 0 Å². The Labute approximate surface area is 108 Å². The van der Waals surface area contributed by atoms with E-state index in [2.05, 4.69) is 27.5 Å². The number of nitrogens with two attached hydrogens (primary N) is 1. The topological polar surface area (TPSA) is 63.8 Å². The van der Waals surface area contributed by atoms with Crippen LogP contribution in [0.5, 0.6) is 0 Å². The number of rotatable bonds is 2. The van der Waals surface area contributed by atoms with E-state index in [1.54, 1.807) is 11.3 Å². The Morgan fingerprint density at radius 2 is 2.17 bits per heavy atom. The molecule has 0 saturated heterocycles. The summed E-state index contributed by atoms with van der Waals surface area (Å²) in [5.41, 5.74) is 5.68. The summed E-state index contributed by atoms with van der Waals surface area (Å²) < 4.78 is 0. The molecule has 0 bridgehead atoms. The summed E-state index contributed by atoms with van der Waals surface area (Å²) in [7, 11) is 0. The van der Waals surface area contributed by atoms with E-state index in [9.17, 15) is 0 Å². The first-order chi connectivity index (χ1) is 8.78. The molecule has 3 rings (SSSR count). The lowest BCUT2D eigenvalue weighted by molar-refractivity contribution is 1.23. The molecule has 90 valence electrons. The zero-order valence-corrected chi connectivity index (χ0v) is 10.7. The molecule has 0 radical (unpaired) electrons. The molecule has 0 unspecified atom stereocenters. The molecule has 3 aromatic rings. The van der Waals surface area contributed by atoms with Gasteiger partial charge in [-0.2, -0.15) is 0 Å². The van der Waals surface area contributed by atoms with Gasteiger partial charge in [-0.25, -0.2) is 15.8 Å². The third kappa shape index (κ3) is 1.83. The second-order valence-corrected chi connectivity index (χ2v) is 4.94. The van der Waals surface area contributed by atoms with Crippen LogP contribution in [0, 0.1) is 6.92 Å². The zero-order chi connectivity index (χ0) is 12.5. The van der Waals surface area contributed by atoms with Crippen LogP contribution in [0.4, 0.5) is 5.82 Å². The average molecular weight is 256 g/mol. The Morgan fingerprint density at radius 1 is 1.28 bits per heavy atom. The fraction of sp³-hybridized carbons (Fsp3) is 0.0769. The molecule has 0 fully saturated rings. The van der Waals surface area contributed by atoms with Gasteiger partial charge in [0.2, 0.25) is 0 Å². The average Bonchev–Trinajstić information content (AvgIpc) is 2.91. The maximum absolute atomic E-state index is 5.43. The van der Waals surface area contributed by atoms with Crippen molar-refractivity contribution < 1.29 is 0 Å². The molecule has 0 saturated carbocycles. The van der Waals surface area contributed by atoms with Crippen LogP contribution in [0.3, 0.4) is 0 Å². The molecular formula is C13H12N4S. The second-order valence-electron chi connectivity index (χ2n) is 4.04. The lowest BCUT2D eigenvalue weighted by Gasteiger charge is -2.07. The number of aromatic nitrogens is 2. The molecule has 0 aliphatic heterocycles. The number of benzene rings is 1. The van der Waals surface area contributed by atoms with Gasteiger partial charge in [-0.15, -0.1) is 11.3 Å². The van der Waals surface area contributed by atoms with E-state index in [1.165, 1.54) is 0 Å². The molecule has 0 amide bonds. The Morgan fingerprint density at radius 3 is 2.89 bits per heavy atom. The minimum atomic E-state index is 0.712. The van der Waals surface area contributed by atoms with Crippen LogP contribution in [0.1, 0.15) is 5.56 Å². The number of fused-ring (bicyclic) bond motifs is 1. The first-order valence-electron chi connectivity index (χ1n) is 5.56. The van der Waals surface area contributed by atoms with Gasteiger partial charge in [-0.05, 0) is 36.8 Å². The summed E-state index contributed by atoms with van der Waals surface area (Å²) >= 11 is 1.63. The Balaban J connectivity index is 2.18. The smallest absolute Gasteiger partial charge is 0.143 e. The standard InChI is InChI=1S/C13H12N4S/c1-8-6-10-7-9(13-15-4-5-18-13)2-3-11(10)16-12(8)17-14/h2-7H,14H2,1H3,(H,16,17). The minimum absolute atomic E-state index is 0.712. The van der Waals surface area contributed by atoms with Gasteiger partial charge in [0, 0.05) is 22.5 Å². The highest BCUT2D eigenvalue weighted by Crippen LogP contribution is 2.27. The molecule has 2 aromatic heterocycles. The SMILES string of the molecule is Cc1cc2cc(-c3nccs3)ccc2nc1NN. The minimum Gasteiger partial charge on any atom is -0.308 e. The van der Waals surface area contributed by atoms with E-state index in [0.717, 1.165) is 27.0 Å². The number of nitrogens with one attached hydrogen (secondary N) is 1. The maximum atomic E-state index is 5.43. The van der Waals surface area contributed by atoms with Crippen molar-refractivity contribution >= 4 is 28.1 Å². The van der Waals surface area contributed by atoms with Crippen molar-refractivity contribution in [3.05, 3.63) is 41.4 Å². The monoisotopic (exact) mass is 256 g/mol. The van der Waals surface area contributed by atoms with E-state index < -0.39 is 0 Å². The van der Waals surface area contributed by atoms with Crippen molar-refractivity contribution in [3.8, 4) is 10.6 Å². The van der Waals surface area contributed by atoms with Gasteiger partial charge in [0.05, 0.1) is 5.52 Å². The number of thiazole rings is 1. The molecule has 18 heavy (non-hydrogen) atoms. The van der Waals surface area contributed by atoms with Gasteiger partial charge >= 0.3 is 0 Å². The molecule has 4 nitrogen and oxygen atoms in total. The van der Waals surface area contributed by atoms with Gasteiger partial charge in [-0.3, -0.25) is 0 Å². The summed E-state index contributed by atoms with van der Waals surface area (Å²) in [6, 6.07) is 8.21. The fourth-order valence-corrected chi connectivity index (χ4v) is 2.56. The Bertz CT molecular complexity index is 692. The van der Waals surface area contributed by atoms with Crippen LogP contribution in [0.2, 0.25) is 0 Å². The van der Waals surface area contributed by atoms with Crippen molar-refractivity contribution in [1.29, 1.82) is 0 Å². The molecule has 0 aliphatic rings. The van der Waals surface area contributed by atoms with Gasteiger partial charge in [-0.1, -0.05) is 0 Å². The van der Waals surface area contributed by atoms with E-state index in [1.807, 2.05) is 30.6 Å². The van der Waals surface area contributed by atoms with Gasteiger partial charge < -0.3 is 5.43 Å². The van der Waals surface area contributed by atoms with E-state index in [4.69, 9.17) is 5.84 Å². The first kappa shape index (κ1) is 11.1. The number of hydrogen-bond acceptors (Lipinski definition) is 5.